The number of likely N-dealkylation sites (tertiary alicyclic amines) is 1. The molecule has 0 spiro atoms. The highest BCUT2D eigenvalue weighted by molar-refractivity contribution is 5.83. The van der Waals surface area contributed by atoms with E-state index in [0.29, 0.717) is 17.9 Å². The van der Waals surface area contributed by atoms with Gasteiger partial charge in [0.1, 0.15) is 0 Å². The Hall–Kier alpha value is -0.610. The molecular weight excluding hydrogens is 240 g/mol. The van der Waals surface area contributed by atoms with Crippen LogP contribution in [0.15, 0.2) is 0 Å². The Morgan fingerprint density at radius 1 is 1.26 bits per heavy atom. The van der Waals surface area contributed by atoms with Gasteiger partial charge in [-0.2, -0.15) is 0 Å². The molecular formula is C15H26N2O2. The number of fused-ring (bicyclic) bond motifs is 1. The van der Waals surface area contributed by atoms with E-state index in [9.17, 15) is 4.79 Å². The van der Waals surface area contributed by atoms with Gasteiger partial charge < -0.3 is 15.3 Å². The van der Waals surface area contributed by atoms with E-state index < -0.39 is 0 Å². The molecule has 19 heavy (non-hydrogen) atoms. The molecule has 4 unspecified atom stereocenters. The number of carbonyl (C=O) groups is 1. The number of amides is 1. The van der Waals surface area contributed by atoms with Crippen LogP contribution in [0.2, 0.25) is 0 Å². The monoisotopic (exact) mass is 266 g/mol. The van der Waals surface area contributed by atoms with Gasteiger partial charge >= 0.3 is 0 Å². The summed E-state index contributed by atoms with van der Waals surface area (Å²) in [5.41, 5.74) is 0. The minimum absolute atomic E-state index is 0.0854. The molecule has 3 aliphatic rings. The van der Waals surface area contributed by atoms with Crippen molar-refractivity contribution in [3.63, 3.8) is 0 Å². The smallest absolute Gasteiger partial charge is 0.240 e. The first-order chi connectivity index (χ1) is 9.31. The molecule has 2 aliphatic heterocycles. The van der Waals surface area contributed by atoms with Gasteiger partial charge in [0, 0.05) is 19.2 Å². The van der Waals surface area contributed by atoms with E-state index in [2.05, 4.69) is 10.2 Å². The van der Waals surface area contributed by atoms with Crippen LogP contribution in [-0.4, -0.2) is 47.7 Å². The lowest BCUT2D eigenvalue weighted by Gasteiger charge is -2.29. The van der Waals surface area contributed by atoms with Gasteiger partial charge in [0.2, 0.25) is 5.91 Å². The lowest BCUT2D eigenvalue weighted by Crippen LogP contribution is -2.48. The summed E-state index contributed by atoms with van der Waals surface area (Å²) in [6, 6.07) is 0.462. The summed E-state index contributed by atoms with van der Waals surface area (Å²) in [5, 5.41) is 12.4. The van der Waals surface area contributed by atoms with Crippen molar-refractivity contribution in [2.45, 2.75) is 57.0 Å². The summed E-state index contributed by atoms with van der Waals surface area (Å²) in [6.07, 6.45) is 7.85. The summed E-state index contributed by atoms with van der Waals surface area (Å²) in [7, 11) is 0. The van der Waals surface area contributed by atoms with Crippen LogP contribution in [0.3, 0.4) is 0 Å². The van der Waals surface area contributed by atoms with Crippen molar-refractivity contribution < 1.29 is 9.90 Å². The highest BCUT2D eigenvalue weighted by Crippen LogP contribution is 2.39. The largest absolute Gasteiger partial charge is 0.396 e. The zero-order valence-corrected chi connectivity index (χ0v) is 11.7. The lowest BCUT2D eigenvalue weighted by atomic mass is 9.93. The van der Waals surface area contributed by atoms with Crippen molar-refractivity contribution in [2.24, 2.45) is 11.8 Å². The topological polar surface area (TPSA) is 52.6 Å². The van der Waals surface area contributed by atoms with Crippen LogP contribution in [0, 0.1) is 11.8 Å². The molecule has 2 saturated heterocycles. The van der Waals surface area contributed by atoms with Crippen molar-refractivity contribution in [3.8, 4) is 0 Å². The number of nitrogens with zero attached hydrogens (tertiary/aromatic N) is 1. The fourth-order valence-corrected chi connectivity index (χ4v) is 4.39. The van der Waals surface area contributed by atoms with E-state index in [1.165, 1.54) is 19.3 Å². The number of carbonyl (C=O) groups excluding carboxylic acids is 1. The van der Waals surface area contributed by atoms with Gasteiger partial charge in [0.25, 0.3) is 0 Å². The molecule has 0 aromatic carbocycles. The number of hydrogen-bond donors (Lipinski definition) is 2. The first-order valence-electron chi connectivity index (χ1n) is 7.96. The van der Waals surface area contributed by atoms with Gasteiger partial charge in [0.05, 0.1) is 6.04 Å². The number of aliphatic hydroxyl groups is 1. The molecule has 1 aliphatic carbocycles. The highest BCUT2D eigenvalue weighted by Gasteiger charge is 2.45. The number of nitrogens with one attached hydrogen (secondary N) is 1. The minimum atomic E-state index is 0.0854. The SMILES string of the molecule is O=C(C1NCC2CCCC21)N1CCCC1CCCO. The van der Waals surface area contributed by atoms with E-state index >= 15 is 0 Å². The Morgan fingerprint density at radius 2 is 2.16 bits per heavy atom. The Labute approximate surface area is 115 Å². The third kappa shape index (κ3) is 2.52. The number of hydrogen-bond acceptors (Lipinski definition) is 3. The van der Waals surface area contributed by atoms with E-state index in [-0.39, 0.29) is 12.6 Å². The van der Waals surface area contributed by atoms with Crippen LogP contribution < -0.4 is 5.32 Å². The highest BCUT2D eigenvalue weighted by atomic mass is 16.3. The van der Waals surface area contributed by atoms with Gasteiger partial charge in [-0.05, 0) is 56.9 Å². The summed E-state index contributed by atoms with van der Waals surface area (Å²) < 4.78 is 0. The van der Waals surface area contributed by atoms with Gasteiger partial charge in [-0.3, -0.25) is 4.79 Å². The summed E-state index contributed by atoms with van der Waals surface area (Å²) in [6.45, 7) is 2.20. The Balaban J connectivity index is 1.62. The van der Waals surface area contributed by atoms with Crippen molar-refractivity contribution >= 4 is 5.91 Å². The summed E-state index contributed by atoms with van der Waals surface area (Å²) >= 11 is 0. The second-order valence-electron chi connectivity index (χ2n) is 6.43. The molecule has 4 atom stereocenters. The molecule has 0 bridgehead atoms. The van der Waals surface area contributed by atoms with Crippen molar-refractivity contribution in [1.29, 1.82) is 0 Å². The zero-order valence-electron chi connectivity index (χ0n) is 11.7. The average molecular weight is 266 g/mol. The molecule has 4 nitrogen and oxygen atoms in total. The predicted molar refractivity (Wildman–Crippen MR) is 73.7 cm³/mol. The fraction of sp³-hybridized carbons (Fsp3) is 0.933. The third-order valence-corrected chi connectivity index (χ3v) is 5.37. The maximum absolute atomic E-state index is 12.8. The third-order valence-electron chi connectivity index (χ3n) is 5.37. The number of aliphatic hydroxyl groups excluding tert-OH is 1. The summed E-state index contributed by atoms with van der Waals surface area (Å²) in [5.74, 6) is 1.67. The molecule has 4 heteroatoms. The lowest BCUT2D eigenvalue weighted by molar-refractivity contribution is -0.135. The van der Waals surface area contributed by atoms with E-state index in [4.69, 9.17) is 5.11 Å². The fourth-order valence-electron chi connectivity index (χ4n) is 4.39. The Kier molecular flexibility index (Phi) is 4.08. The minimum Gasteiger partial charge on any atom is -0.396 e. The van der Waals surface area contributed by atoms with Gasteiger partial charge in [0.15, 0.2) is 0 Å². The molecule has 108 valence electrons. The van der Waals surface area contributed by atoms with Crippen LogP contribution in [0.5, 0.6) is 0 Å². The van der Waals surface area contributed by atoms with E-state index in [1.54, 1.807) is 0 Å². The molecule has 3 rings (SSSR count). The molecule has 0 radical (unpaired) electrons. The predicted octanol–water partition coefficient (Wildman–Crippen LogP) is 1.14. The zero-order chi connectivity index (χ0) is 13.2. The van der Waals surface area contributed by atoms with Gasteiger partial charge in [-0.15, -0.1) is 0 Å². The molecule has 1 amide bonds. The Bertz CT molecular complexity index is 334. The van der Waals surface area contributed by atoms with Crippen LogP contribution in [-0.2, 0) is 4.79 Å². The van der Waals surface area contributed by atoms with Crippen LogP contribution in [0.1, 0.15) is 44.9 Å². The molecule has 2 heterocycles. The van der Waals surface area contributed by atoms with Crippen molar-refractivity contribution in [3.05, 3.63) is 0 Å². The molecule has 0 aromatic rings. The van der Waals surface area contributed by atoms with E-state index in [1.807, 2.05) is 0 Å². The molecule has 0 aromatic heterocycles. The normalized spacial score (nSPS) is 37.8. The standard InChI is InChI=1S/C15H26N2O2/c18-9-3-6-12-5-2-8-17(12)15(19)14-13-7-1-4-11(13)10-16-14/h11-14,16,18H,1-10H2. The van der Waals surface area contributed by atoms with Gasteiger partial charge in [-0.1, -0.05) is 6.42 Å². The average Bonchev–Trinajstić information content (AvgIpc) is 3.10. The van der Waals surface area contributed by atoms with E-state index in [0.717, 1.165) is 44.7 Å². The van der Waals surface area contributed by atoms with Crippen molar-refractivity contribution in [2.75, 3.05) is 19.7 Å². The second-order valence-corrected chi connectivity index (χ2v) is 6.43. The van der Waals surface area contributed by atoms with Gasteiger partial charge in [-0.25, -0.2) is 0 Å². The Morgan fingerprint density at radius 3 is 3.00 bits per heavy atom. The number of rotatable bonds is 4. The first-order valence-corrected chi connectivity index (χ1v) is 7.96. The summed E-state index contributed by atoms with van der Waals surface area (Å²) in [4.78, 5) is 14.9. The molecule has 1 saturated carbocycles. The van der Waals surface area contributed by atoms with Crippen LogP contribution in [0.25, 0.3) is 0 Å². The van der Waals surface area contributed by atoms with Crippen LogP contribution in [0.4, 0.5) is 0 Å². The maximum atomic E-state index is 12.8. The maximum Gasteiger partial charge on any atom is 0.240 e. The molecule has 2 N–H and O–H groups in total. The van der Waals surface area contributed by atoms with Crippen molar-refractivity contribution in [1.82, 2.24) is 10.2 Å². The first kappa shape index (κ1) is 13.4. The molecule has 3 fully saturated rings. The second kappa shape index (κ2) is 5.80. The van der Waals surface area contributed by atoms with Crippen LogP contribution >= 0.6 is 0 Å². The quantitative estimate of drug-likeness (QED) is 0.802.